The van der Waals surface area contributed by atoms with Crippen molar-refractivity contribution in [3.05, 3.63) is 24.0 Å². The van der Waals surface area contributed by atoms with E-state index in [9.17, 15) is 14.0 Å². The molecule has 1 saturated carbocycles. The lowest BCUT2D eigenvalue weighted by atomic mass is 10.0. The Morgan fingerprint density at radius 3 is 2.77 bits per heavy atom. The number of anilines is 1. The Balaban J connectivity index is 1.77. The number of imidazole rings is 1. The van der Waals surface area contributed by atoms with Crippen LogP contribution in [0, 0.1) is 17.7 Å². The average Bonchev–Trinajstić information content (AvgIpc) is 3.05. The van der Waals surface area contributed by atoms with Crippen molar-refractivity contribution < 1.29 is 19.1 Å². The lowest BCUT2D eigenvalue weighted by molar-refractivity contribution is -0.141. The zero-order valence-corrected chi connectivity index (χ0v) is 12.0. The van der Waals surface area contributed by atoms with E-state index < -0.39 is 11.9 Å². The smallest absolute Gasteiger partial charge is 0.306 e. The molecule has 1 amide bonds. The van der Waals surface area contributed by atoms with Crippen LogP contribution in [0.1, 0.15) is 19.3 Å². The van der Waals surface area contributed by atoms with Gasteiger partial charge in [0.1, 0.15) is 5.82 Å². The van der Waals surface area contributed by atoms with E-state index in [1.54, 1.807) is 17.7 Å². The summed E-state index contributed by atoms with van der Waals surface area (Å²) in [5.74, 6) is -1.91. The quantitative estimate of drug-likeness (QED) is 0.910. The number of hydrogen-bond donors (Lipinski definition) is 2. The van der Waals surface area contributed by atoms with Gasteiger partial charge in [0.15, 0.2) is 0 Å². The summed E-state index contributed by atoms with van der Waals surface area (Å²) in [5, 5.41) is 11.7. The number of fused-ring (bicyclic) bond motifs is 1. The number of hydrogen-bond acceptors (Lipinski definition) is 3. The Hall–Kier alpha value is -2.44. The molecule has 1 aliphatic rings. The fraction of sp³-hybridized carbons (Fsp3) is 0.400. The van der Waals surface area contributed by atoms with E-state index in [0.717, 1.165) is 0 Å². The third kappa shape index (κ3) is 2.54. The average molecular weight is 305 g/mol. The molecule has 0 unspecified atom stereocenters. The number of rotatable bonds is 3. The van der Waals surface area contributed by atoms with Crippen LogP contribution in [0.2, 0.25) is 0 Å². The molecule has 6 nitrogen and oxygen atoms in total. The lowest BCUT2D eigenvalue weighted by Gasteiger charge is -2.10. The van der Waals surface area contributed by atoms with Crippen molar-refractivity contribution in [2.24, 2.45) is 18.9 Å². The number of carbonyl (C=O) groups excluding carboxylic acids is 1. The van der Waals surface area contributed by atoms with Gasteiger partial charge in [0, 0.05) is 19.0 Å². The summed E-state index contributed by atoms with van der Waals surface area (Å²) in [6.07, 6.45) is 1.42. The maximum absolute atomic E-state index is 13.2. The largest absolute Gasteiger partial charge is 0.481 e. The topological polar surface area (TPSA) is 84.2 Å². The highest BCUT2D eigenvalue weighted by Crippen LogP contribution is 2.32. The van der Waals surface area contributed by atoms with Gasteiger partial charge in [0.25, 0.3) is 0 Å². The number of halogens is 1. The number of benzene rings is 1. The van der Waals surface area contributed by atoms with E-state index in [0.29, 0.717) is 36.2 Å². The number of aliphatic carboxylic acids is 1. The zero-order valence-electron chi connectivity index (χ0n) is 12.0. The highest BCUT2D eigenvalue weighted by atomic mass is 19.1. The second-order valence-electron chi connectivity index (χ2n) is 5.66. The SMILES string of the molecule is Cn1c(NC(=O)[C@@H]2CC[C@H](C(=O)O)C2)nc2cc(F)ccc21. The van der Waals surface area contributed by atoms with Crippen molar-refractivity contribution >= 4 is 28.9 Å². The highest BCUT2D eigenvalue weighted by molar-refractivity contribution is 5.93. The Kier molecular flexibility index (Phi) is 3.56. The van der Waals surface area contributed by atoms with Gasteiger partial charge in [-0.25, -0.2) is 9.37 Å². The summed E-state index contributed by atoms with van der Waals surface area (Å²) >= 11 is 0. The van der Waals surface area contributed by atoms with Gasteiger partial charge in [-0.1, -0.05) is 0 Å². The normalized spacial score (nSPS) is 21.2. The van der Waals surface area contributed by atoms with Gasteiger partial charge in [-0.15, -0.1) is 0 Å². The summed E-state index contributed by atoms with van der Waals surface area (Å²) < 4.78 is 14.9. The Bertz CT molecular complexity index is 756. The third-order valence-corrected chi connectivity index (χ3v) is 4.23. The number of nitrogens with one attached hydrogen (secondary N) is 1. The molecule has 1 fully saturated rings. The first-order valence-electron chi connectivity index (χ1n) is 7.11. The van der Waals surface area contributed by atoms with Crippen LogP contribution in [-0.2, 0) is 16.6 Å². The van der Waals surface area contributed by atoms with Gasteiger partial charge in [-0.2, -0.15) is 0 Å². The molecule has 1 heterocycles. The van der Waals surface area contributed by atoms with Crippen molar-refractivity contribution in [2.75, 3.05) is 5.32 Å². The molecule has 2 atom stereocenters. The first kappa shape index (κ1) is 14.5. The van der Waals surface area contributed by atoms with Gasteiger partial charge in [0.2, 0.25) is 11.9 Å². The summed E-state index contributed by atoms with van der Waals surface area (Å²) in [6, 6.07) is 4.24. The summed E-state index contributed by atoms with van der Waals surface area (Å²) in [7, 11) is 1.73. The number of carboxylic acids is 1. The van der Waals surface area contributed by atoms with Crippen molar-refractivity contribution in [1.29, 1.82) is 0 Å². The number of carbonyl (C=O) groups is 2. The number of nitrogens with zero attached hydrogens (tertiary/aromatic N) is 2. The van der Waals surface area contributed by atoms with Gasteiger partial charge in [-0.05, 0) is 31.4 Å². The summed E-state index contributed by atoms with van der Waals surface area (Å²) in [5.41, 5.74) is 1.18. The van der Waals surface area contributed by atoms with E-state index >= 15 is 0 Å². The van der Waals surface area contributed by atoms with Crippen LogP contribution < -0.4 is 5.32 Å². The van der Waals surface area contributed by atoms with Crippen molar-refractivity contribution in [3.63, 3.8) is 0 Å². The maximum atomic E-state index is 13.2. The molecule has 0 bridgehead atoms. The van der Waals surface area contributed by atoms with E-state index in [1.807, 2.05) is 0 Å². The predicted octanol–water partition coefficient (Wildman–Crippen LogP) is 2.15. The van der Waals surface area contributed by atoms with Crippen LogP contribution in [0.15, 0.2) is 18.2 Å². The Morgan fingerprint density at radius 2 is 2.09 bits per heavy atom. The second-order valence-corrected chi connectivity index (χ2v) is 5.66. The fourth-order valence-electron chi connectivity index (χ4n) is 2.94. The summed E-state index contributed by atoms with van der Waals surface area (Å²) in [6.45, 7) is 0. The molecule has 1 aromatic heterocycles. The van der Waals surface area contributed by atoms with Gasteiger partial charge in [0.05, 0.1) is 17.0 Å². The van der Waals surface area contributed by atoms with Gasteiger partial charge in [-0.3, -0.25) is 14.9 Å². The molecular formula is C15H16FN3O3. The van der Waals surface area contributed by atoms with Gasteiger partial charge >= 0.3 is 5.97 Å². The molecule has 0 saturated heterocycles. The highest BCUT2D eigenvalue weighted by Gasteiger charge is 2.34. The van der Waals surface area contributed by atoms with Crippen LogP contribution in [0.3, 0.4) is 0 Å². The molecule has 22 heavy (non-hydrogen) atoms. The van der Waals surface area contributed by atoms with Crippen molar-refractivity contribution in [2.45, 2.75) is 19.3 Å². The molecule has 2 N–H and O–H groups in total. The summed E-state index contributed by atoms with van der Waals surface area (Å²) in [4.78, 5) is 27.4. The Labute approximate surface area is 125 Å². The zero-order chi connectivity index (χ0) is 15.9. The molecule has 3 rings (SSSR count). The van der Waals surface area contributed by atoms with E-state index in [2.05, 4.69) is 10.3 Å². The van der Waals surface area contributed by atoms with Crippen molar-refractivity contribution in [1.82, 2.24) is 9.55 Å². The molecular weight excluding hydrogens is 289 g/mol. The molecule has 2 aromatic rings. The molecule has 7 heteroatoms. The van der Waals surface area contributed by atoms with Crippen LogP contribution >= 0.6 is 0 Å². The van der Waals surface area contributed by atoms with Crippen LogP contribution in [0.5, 0.6) is 0 Å². The van der Waals surface area contributed by atoms with Crippen LogP contribution in [-0.4, -0.2) is 26.5 Å². The molecule has 0 aliphatic heterocycles. The minimum Gasteiger partial charge on any atom is -0.481 e. The first-order chi connectivity index (χ1) is 10.5. The lowest BCUT2D eigenvalue weighted by Crippen LogP contribution is -2.23. The standard InChI is InChI=1S/C15H16FN3O3/c1-19-12-5-4-10(16)7-11(12)17-15(19)18-13(20)8-2-3-9(6-8)14(21)22/h4-5,7-9H,2-3,6H2,1H3,(H,21,22)(H,17,18,20)/t8-,9+/m1/s1. The van der Waals surface area contributed by atoms with E-state index in [4.69, 9.17) is 5.11 Å². The monoisotopic (exact) mass is 305 g/mol. The van der Waals surface area contributed by atoms with Crippen LogP contribution in [0.25, 0.3) is 11.0 Å². The molecule has 0 radical (unpaired) electrons. The number of carboxylic acid groups (broad SMARTS) is 1. The van der Waals surface area contributed by atoms with Gasteiger partial charge < -0.3 is 9.67 Å². The predicted molar refractivity (Wildman–Crippen MR) is 77.8 cm³/mol. The number of amides is 1. The fourth-order valence-corrected chi connectivity index (χ4v) is 2.94. The minimum absolute atomic E-state index is 0.234. The molecule has 1 aromatic carbocycles. The van der Waals surface area contributed by atoms with Crippen LogP contribution in [0.4, 0.5) is 10.3 Å². The first-order valence-corrected chi connectivity index (χ1v) is 7.11. The number of aryl methyl sites for hydroxylation is 1. The number of aromatic nitrogens is 2. The maximum Gasteiger partial charge on any atom is 0.306 e. The minimum atomic E-state index is -0.853. The molecule has 116 valence electrons. The van der Waals surface area contributed by atoms with E-state index in [-0.39, 0.29) is 17.6 Å². The Morgan fingerprint density at radius 1 is 1.36 bits per heavy atom. The van der Waals surface area contributed by atoms with Crippen molar-refractivity contribution in [3.8, 4) is 0 Å². The second kappa shape index (κ2) is 5.40. The van der Waals surface area contributed by atoms with E-state index in [1.165, 1.54) is 12.1 Å². The third-order valence-electron chi connectivity index (χ3n) is 4.23. The molecule has 1 aliphatic carbocycles. The molecule has 0 spiro atoms.